The number of rotatable bonds is 10. The Morgan fingerprint density at radius 3 is 2.69 bits per heavy atom. The van der Waals surface area contributed by atoms with Gasteiger partial charge in [-0.1, -0.05) is 53.7 Å². The molecule has 4 rings (SSSR count). The van der Waals surface area contributed by atoms with Gasteiger partial charge in [0.2, 0.25) is 0 Å². The summed E-state index contributed by atoms with van der Waals surface area (Å²) in [5, 5.41) is 1.35. The van der Waals surface area contributed by atoms with E-state index in [0.717, 1.165) is 41.0 Å². The van der Waals surface area contributed by atoms with E-state index in [1.165, 1.54) is 0 Å². The van der Waals surface area contributed by atoms with Gasteiger partial charge in [0.15, 0.2) is 11.4 Å². The summed E-state index contributed by atoms with van der Waals surface area (Å²) in [6.07, 6.45) is 5.23. The topological polar surface area (TPSA) is 52.3 Å². The van der Waals surface area contributed by atoms with Crippen LogP contribution in [-0.2, 0) is 0 Å². The Morgan fingerprint density at radius 1 is 1.03 bits per heavy atom. The highest BCUT2D eigenvalue weighted by molar-refractivity contribution is 7.99. The molecule has 6 heteroatoms. The molecule has 0 aliphatic heterocycles. The first kappa shape index (κ1) is 22.2. The fourth-order valence-electron chi connectivity index (χ4n) is 3.06. The molecule has 0 amide bonds. The van der Waals surface area contributed by atoms with Crippen LogP contribution in [0.25, 0.3) is 17.2 Å². The molecule has 0 spiro atoms. The van der Waals surface area contributed by atoms with Crippen molar-refractivity contribution < 1.29 is 13.9 Å². The maximum absolute atomic E-state index is 12.3. The van der Waals surface area contributed by atoms with Crippen molar-refractivity contribution in [1.82, 2.24) is 4.98 Å². The minimum absolute atomic E-state index is 0.0623. The van der Waals surface area contributed by atoms with E-state index in [-0.39, 0.29) is 5.78 Å². The van der Waals surface area contributed by atoms with E-state index in [9.17, 15) is 4.79 Å². The molecule has 0 saturated carbocycles. The van der Waals surface area contributed by atoms with Gasteiger partial charge in [-0.05, 0) is 73.0 Å². The summed E-state index contributed by atoms with van der Waals surface area (Å²) in [7, 11) is 0. The van der Waals surface area contributed by atoms with Crippen molar-refractivity contribution >= 4 is 46.3 Å². The Labute approximate surface area is 196 Å². The maximum atomic E-state index is 12.3. The molecule has 1 heterocycles. The van der Waals surface area contributed by atoms with Crippen molar-refractivity contribution in [1.29, 1.82) is 0 Å². The molecule has 0 aliphatic rings. The average molecular weight is 464 g/mol. The zero-order valence-corrected chi connectivity index (χ0v) is 18.9. The van der Waals surface area contributed by atoms with E-state index in [1.54, 1.807) is 42.1 Å². The molecule has 0 saturated heterocycles. The van der Waals surface area contributed by atoms with Crippen LogP contribution >= 0.6 is 23.4 Å². The Bertz CT molecular complexity index is 1180. The molecular weight excluding hydrogens is 442 g/mol. The number of thioether (sulfide) groups is 1. The highest BCUT2D eigenvalue weighted by Gasteiger charge is 2.06. The summed E-state index contributed by atoms with van der Waals surface area (Å²) < 4.78 is 11.5. The maximum Gasteiger partial charge on any atom is 0.256 e. The van der Waals surface area contributed by atoms with Crippen molar-refractivity contribution in [2.45, 2.75) is 18.1 Å². The zero-order chi connectivity index (χ0) is 22.2. The lowest BCUT2D eigenvalue weighted by molar-refractivity contribution is 0.104. The van der Waals surface area contributed by atoms with Crippen LogP contribution in [-0.4, -0.2) is 23.1 Å². The van der Waals surface area contributed by atoms with E-state index >= 15 is 0 Å². The van der Waals surface area contributed by atoms with Gasteiger partial charge in [0, 0.05) is 16.3 Å². The van der Waals surface area contributed by atoms with Gasteiger partial charge in [0.1, 0.15) is 11.3 Å². The predicted octanol–water partition coefficient (Wildman–Crippen LogP) is 7.33. The number of oxazole rings is 1. The average Bonchev–Trinajstić information content (AvgIpc) is 3.23. The Balaban J connectivity index is 1.17. The summed E-state index contributed by atoms with van der Waals surface area (Å²) >= 11 is 7.58. The Kier molecular flexibility index (Phi) is 7.64. The molecule has 162 valence electrons. The van der Waals surface area contributed by atoms with Gasteiger partial charge in [-0.3, -0.25) is 4.79 Å². The molecule has 4 aromatic rings. The normalized spacial score (nSPS) is 11.3. The number of hydrogen-bond donors (Lipinski definition) is 0. The molecule has 0 unspecified atom stereocenters. The molecule has 3 aromatic carbocycles. The van der Waals surface area contributed by atoms with E-state index in [0.29, 0.717) is 22.4 Å². The summed E-state index contributed by atoms with van der Waals surface area (Å²) in [6.45, 7) is 0.621. The lowest BCUT2D eigenvalue weighted by Gasteiger charge is -2.06. The van der Waals surface area contributed by atoms with Crippen LogP contribution in [0.5, 0.6) is 5.75 Å². The van der Waals surface area contributed by atoms with Gasteiger partial charge in [0.05, 0.1) is 6.61 Å². The monoisotopic (exact) mass is 463 g/mol. The minimum atomic E-state index is -0.0623. The number of hydrogen-bond acceptors (Lipinski definition) is 5. The molecular formula is C26H22ClNO3S. The molecule has 0 radical (unpaired) electrons. The van der Waals surface area contributed by atoms with Crippen molar-refractivity contribution in [2.75, 3.05) is 12.4 Å². The lowest BCUT2D eigenvalue weighted by atomic mass is 10.1. The van der Waals surface area contributed by atoms with Crippen molar-refractivity contribution in [2.24, 2.45) is 0 Å². The number of fused-ring (bicyclic) bond motifs is 1. The number of ether oxygens (including phenoxy) is 1. The summed E-state index contributed by atoms with van der Waals surface area (Å²) in [5.74, 6) is 1.61. The third-order valence-corrected chi connectivity index (χ3v) is 5.87. The van der Waals surface area contributed by atoms with Crippen LogP contribution in [0.4, 0.5) is 0 Å². The number of ketones is 1. The van der Waals surface area contributed by atoms with Gasteiger partial charge in [-0.15, -0.1) is 0 Å². The third kappa shape index (κ3) is 6.25. The van der Waals surface area contributed by atoms with Gasteiger partial charge < -0.3 is 9.15 Å². The van der Waals surface area contributed by atoms with E-state index in [2.05, 4.69) is 4.98 Å². The molecule has 0 N–H and O–H groups in total. The number of allylic oxidation sites excluding steroid dienone is 1. The van der Waals surface area contributed by atoms with E-state index in [1.807, 2.05) is 54.6 Å². The lowest BCUT2D eigenvalue weighted by Crippen LogP contribution is -1.99. The summed E-state index contributed by atoms with van der Waals surface area (Å²) in [6, 6.07) is 22.4. The smallest absolute Gasteiger partial charge is 0.256 e. The first-order valence-electron chi connectivity index (χ1n) is 10.4. The minimum Gasteiger partial charge on any atom is -0.494 e. The Hall–Kier alpha value is -3.02. The molecule has 0 bridgehead atoms. The second kappa shape index (κ2) is 11.0. The fourth-order valence-corrected chi connectivity index (χ4v) is 4.09. The first-order chi connectivity index (χ1) is 15.7. The van der Waals surface area contributed by atoms with Crippen molar-refractivity contribution in [3.05, 3.63) is 95.0 Å². The van der Waals surface area contributed by atoms with Crippen molar-refractivity contribution in [3.63, 3.8) is 0 Å². The second-order valence-electron chi connectivity index (χ2n) is 7.13. The zero-order valence-electron chi connectivity index (χ0n) is 17.4. The van der Waals surface area contributed by atoms with Crippen LogP contribution in [0, 0.1) is 0 Å². The van der Waals surface area contributed by atoms with E-state index < -0.39 is 0 Å². The van der Waals surface area contributed by atoms with Gasteiger partial charge >= 0.3 is 0 Å². The molecule has 4 nitrogen and oxygen atoms in total. The van der Waals surface area contributed by atoms with Crippen LogP contribution in [0.3, 0.4) is 0 Å². The molecule has 0 atom stereocenters. The van der Waals surface area contributed by atoms with Crippen LogP contribution in [0.15, 0.2) is 88.5 Å². The van der Waals surface area contributed by atoms with Crippen LogP contribution in [0.2, 0.25) is 5.02 Å². The number of nitrogens with zero attached hydrogens (tertiary/aromatic N) is 1. The third-order valence-electron chi connectivity index (χ3n) is 4.72. The SMILES string of the molecule is O=C(C=Cc1cccc(Cl)c1)c1ccc(OCCCCSc2nc3ccccc3o2)cc1. The van der Waals surface area contributed by atoms with E-state index in [4.69, 9.17) is 20.8 Å². The van der Waals surface area contributed by atoms with Gasteiger partial charge in [-0.2, -0.15) is 0 Å². The fraction of sp³-hybridized carbons (Fsp3) is 0.154. The number of halogens is 1. The number of carbonyl (C=O) groups is 1. The number of benzene rings is 3. The van der Waals surface area contributed by atoms with Gasteiger partial charge in [-0.25, -0.2) is 4.98 Å². The van der Waals surface area contributed by atoms with Gasteiger partial charge in [0.25, 0.3) is 5.22 Å². The molecule has 32 heavy (non-hydrogen) atoms. The number of aromatic nitrogens is 1. The highest BCUT2D eigenvalue weighted by atomic mass is 35.5. The standard InChI is InChI=1S/C26H22ClNO3S/c27-21-7-5-6-19(18-21)10-15-24(29)20-11-13-22(14-12-20)30-16-3-4-17-32-26-28-23-8-1-2-9-25(23)31-26/h1-2,5-15,18H,3-4,16-17H2. The van der Waals surface area contributed by atoms with Crippen LogP contribution < -0.4 is 4.74 Å². The summed E-state index contributed by atoms with van der Waals surface area (Å²) in [4.78, 5) is 16.8. The number of carbonyl (C=O) groups excluding carboxylic acids is 1. The summed E-state index contributed by atoms with van der Waals surface area (Å²) in [5.41, 5.74) is 3.21. The molecule has 0 fully saturated rings. The quantitative estimate of drug-likeness (QED) is 0.107. The number of unbranched alkanes of at least 4 members (excludes halogenated alkanes) is 1. The highest BCUT2D eigenvalue weighted by Crippen LogP contribution is 2.24. The molecule has 0 aliphatic carbocycles. The van der Waals surface area contributed by atoms with Crippen LogP contribution in [0.1, 0.15) is 28.8 Å². The number of para-hydroxylation sites is 2. The molecule has 1 aromatic heterocycles. The van der Waals surface area contributed by atoms with Crippen molar-refractivity contribution in [3.8, 4) is 5.75 Å². The second-order valence-corrected chi connectivity index (χ2v) is 8.61. The Morgan fingerprint density at radius 2 is 1.88 bits per heavy atom. The first-order valence-corrected chi connectivity index (χ1v) is 11.7. The predicted molar refractivity (Wildman–Crippen MR) is 131 cm³/mol. The largest absolute Gasteiger partial charge is 0.494 e.